The van der Waals surface area contributed by atoms with Gasteiger partial charge in [-0.25, -0.2) is 0 Å². The lowest BCUT2D eigenvalue weighted by atomic mass is 9.82. The van der Waals surface area contributed by atoms with Crippen molar-refractivity contribution in [3.05, 3.63) is 35.4 Å². The minimum atomic E-state index is -0.790. The maximum absolute atomic E-state index is 11.4. The van der Waals surface area contributed by atoms with Gasteiger partial charge in [0.2, 0.25) is 5.91 Å². The zero-order valence-corrected chi connectivity index (χ0v) is 12.2. The summed E-state index contributed by atoms with van der Waals surface area (Å²) >= 11 is 1.90. The molecule has 1 aliphatic rings. The van der Waals surface area contributed by atoms with Crippen molar-refractivity contribution in [3.63, 3.8) is 0 Å². The number of hydrogen-bond donors (Lipinski definition) is 2. The second-order valence-electron chi connectivity index (χ2n) is 5.48. The van der Waals surface area contributed by atoms with Crippen molar-refractivity contribution < 1.29 is 4.79 Å². The SMILES string of the molecule is Cc1ccccc1CSC1CCCC(N)(C(N)=O)C1. The van der Waals surface area contributed by atoms with Gasteiger partial charge in [0.25, 0.3) is 0 Å². The fraction of sp³-hybridized carbons (Fsp3) is 0.533. The topological polar surface area (TPSA) is 69.1 Å². The fourth-order valence-corrected chi connectivity index (χ4v) is 4.09. The maximum atomic E-state index is 11.4. The Morgan fingerprint density at radius 2 is 2.21 bits per heavy atom. The summed E-state index contributed by atoms with van der Waals surface area (Å²) in [4.78, 5) is 11.4. The van der Waals surface area contributed by atoms with E-state index in [-0.39, 0.29) is 5.91 Å². The van der Waals surface area contributed by atoms with Crippen LogP contribution in [0.25, 0.3) is 0 Å². The molecule has 0 spiro atoms. The second kappa shape index (κ2) is 5.97. The average Bonchev–Trinajstić information content (AvgIpc) is 2.38. The molecular weight excluding hydrogens is 256 g/mol. The van der Waals surface area contributed by atoms with Crippen LogP contribution in [0.2, 0.25) is 0 Å². The Bertz CT molecular complexity index is 463. The van der Waals surface area contributed by atoms with Crippen molar-refractivity contribution in [2.45, 2.75) is 49.1 Å². The Labute approximate surface area is 119 Å². The van der Waals surface area contributed by atoms with Gasteiger partial charge in [0, 0.05) is 11.0 Å². The third kappa shape index (κ3) is 3.51. The van der Waals surface area contributed by atoms with Crippen LogP contribution in [0.5, 0.6) is 0 Å². The largest absolute Gasteiger partial charge is 0.368 e. The van der Waals surface area contributed by atoms with E-state index in [1.807, 2.05) is 11.8 Å². The minimum Gasteiger partial charge on any atom is -0.368 e. The monoisotopic (exact) mass is 278 g/mol. The Balaban J connectivity index is 1.93. The molecule has 0 radical (unpaired) electrons. The van der Waals surface area contributed by atoms with E-state index in [0.717, 1.165) is 25.0 Å². The molecule has 0 bridgehead atoms. The van der Waals surface area contributed by atoms with E-state index in [4.69, 9.17) is 11.5 Å². The quantitative estimate of drug-likeness (QED) is 0.888. The molecule has 2 atom stereocenters. The molecule has 1 aromatic carbocycles. The van der Waals surface area contributed by atoms with Crippen LogP contribution in [0.1, 0.15) is 36.8 Å². The smallest absolute Gasteiger partial charge is 0.237 e. The van der Waals surface area contributed by atoms with Gasteiger partial charge in [-0.1, -0.05) is 24.3 Å². The summed E-state index contributed by atoms with van der Waals surface area (Å²) in [6.45, 7) is 2.13. The summed E-state index contributed by atoms with van der Waals surface area (Å²) in [6.07, 6.45) is 3.55. The highest BCUT2D eigenvalue weighted by Crippen LogP contribution is 2.35. The van der Waals surface area contributed by atoms with Crippen molar-refractivity contribution in [1.82, 2.24) is 0 Å². The van der Waals surface area contributed by atoms with Crippen LogP contribution in [0.15, 0.2) is 24.3 Å². The Hall–Kier alpha value is -1.00. The summed E-state index contributed by atoms with van der Waals surface area (Å²) in [5.74, 6) is 0.625. The van der Waals surface area contributed by atoms with Crippen LogP contribution in [-0.4, -0.2) is 16.7 Å². The van der Waals surface area contributed by atoms with Crippen molar-refractivity contribution in [2.24, 2.45) is 11.5 Å². The number of nitrogens with two attached hydrogens (primary N) is 2. The molecule has 2 rings (SSSR count). The average molecular weight is 278 g/mol. The van der Waals surface area contributed by atoms with Crippen molar-refractivity contribution in [3.8, 4) is 0 Å². The van der Waals surface area contributed by atoms with Gasteiger partial charge in [-0.15, -0.1) is 0 Å². The molecule has 1 aromatic rings. The standard InChI is InChI=1S/C15H22N2OS/c1-11-5-2-3-6-12(11)10-19-13-7-4-8-15(17,9-13)14(16)18/h2-3,5-6,13H,4,7-10,17H2,1H3,(H2,16,18). The highest BCUT2D eigenvalue weighted by Gasteiger charge is 2.37. The van der Waals surface area contributed by atoms with E-state index in [1.165, 1.54) is 11.1 Å². The van der Waals surface area contributed by atoms with E-state index in [9.17, 15) is 4.79 Å². The fourth-order valence-electron chi connectivity index (χ4n) is 2.60. The highest BCUT2D eigenvalue weighted by atomic mass is 32.2. The number of aryl methyl sites for hydroxylation is 1. The lowest BCUT2D eigenvalue weighted by Crippen LogP contribution is -2.55. The van der Waals surface area contributed by atoms with Gasteiger partial charge in [-0.2, -0.15) is 11.8 Å². The Kier molecular flexibility index (Phi) is 4.53. The molecule has 1 amide bonds. The molecule has 1 saturated carbocycles. The number of carbonyl (C=O) groups is 1. The van der Waals surface area contributed by atoms with Gasteiger partial charge in [-0.05, 0) is 43.7 Å². The van der Waals surface area contributed by atoms with Crippen LogP contribution in [0, 0.1) is 6.92 Å². The predicted octanol–water partition coefficient (Wildman–Crippen LogP) is 2.35. The van der Waals surface area contributed by atoms with Gasteiger partial charge in [0.05, 0.1) is 5.54 Å². The molecular formula is C15H22N2OS. The lowest BCUT2D eigenvalue weighted by Gasteiger charge is -2.35. The van der Waals surface area contributed by atoms with E-state index in [2.05, 4.69) is 31.2 Å². The Morgan fingerprint density at radius 3 is 2.89 bits per heavy atom. The summed E-state index contributed by atoms with van der Waals surface area (Å²) in [6, 6.07) is 8.42. The maximum Gasteiger partial charge on any atom is 0.237 e. The number of amides is 1. The predicted molar refractivity (Wildman–Crippen MR) is 80.8 cm³/mol. The highest BCUT2D eigenvalue weighted by molar-refractivity contribution is 7.99. The van der Waals surface area contributed by atoms with Crippen molar-refractivity contribution >= 4 is 17.7 Å². The molecule has 19 heavy (non-hydrogen) atoms. The van der Waals surface area contributed by atoms with Gasteiger partial charge in [0.1, 0.15) is 0 Å². The Morgan fingerprint density at radius 1 is 1.47 bits per heavy atom. The first-order valence-corrected chi connectivity index (χ1v) is 7.81. The van der Waals surface area contributed by atoms with Crippen LogP contribution in [0.3, 0.4) is 0 Å². The zero-order chi connectivity index (χ0) is 13.9. The van der Waals surface area contributed by atoms with Crippen LogP contribution < -0.4 is 11.5 Å². The van der Waals surface area contributed by atoms with Gasteiger partial charge >= 0.3 is 0 Å². The molecule has 0 aromatic heterocycles. The first-order valence-electron chi connectivity index (χ1n) is 6.76. The van der Waals surface area contributed by atoms with E-state index >= 15 is 0 Å². The summed E-state index contributed by atoms with van der Waals surface area (Å²) in [7, 11) is 0. The lowest BCUT2D eigenvalue weighted by molar-refractivity contribution is -0.124. The minimum absolute atomic E-state index is 0.353. The molecule has 0 saturated heterocycles. The molecule has 4 N–H and O–H groups in total. The number of primary amides is 1. The number of rotatable bonds is 4. The van der Waals surface area contributed by atoms with Gasteiger partial charge < -0.3 is 11.5 Å². The van der Waals surface area contributed by atoms with Gasteiger partial charge in [0.15, 0.2) is 0 Å². The number of thioether (sulfide) groups is 1. The van der Waals surface area contributed by atoms with Crippen molar-refractivity contribution in [2.75, 3.05) is 0 Å². The summed E-state index contributed by atoms with van der Waals surface area (Å²) in [5, 5.41) is 0.436. The van der Waals surface area contributed by atoms with Crippen molar-refractivity contribution in [1.29, 1.82) is 0 Å². The molecule has 4 heteroatoms. The van der Waals surface area contributed by atoms with E-state index in [0.29, 0.717) is 11.7 Å². The zero-order valence-electron chi connectivity index (χ0n) is 11.4. The molecule has 0 heterocycles. The molecule has 104 valence electrons. The summed E-state index contributed by atoms with van der Waals surface area (Å²) in [5.41, 5.74) is 13.4. The molecule has 3 nitrogen and oxygen atoms in total. The molecule has 2 unspecified atom stereocenters. The van der Waals surface area contributed by atoms with Crippen LogP contribution in [-0.2, 0) is 10.5 Å². The molecule has 0 aliphatic heterocycles. The first kappa shape index (κ1) is 14.4. The molecule has 1 aliphatic carbocycles. The van der Waals surface area contributed by atoms with Crippen LogP contribution in [0.4, 0.5) is 0 Å². The summed E-state index contributed by atoms with van der Waals surface area (Å²) < 4.78 is 0. The number of hydrogen-bond acceptors (Lipinski definition) is 3. The normalized spacial score (nSPS) is 27.2. The van der Waals surface area contributed by atoms with Crippen LogP contribution >= 0.6 is 11.8 Å². The molecule has 1 fully saturated rings. The van der Waals surface area contributed by atoms with E-state index in [1.54, 1.807) is 0 Å². The number of benzene rings is 1. The van der Waals surface area contributed by atoms with Gasteiger partial charge in [-0.3, -0.25) is 4.79 Å². The second-order valence-corrected chi connectivity index (χ2v) is 6.76. The number of carbonyl (C=O) groups excluding carboxylic acids is 1. The third-order valence-electron chi connectivity index (χ3n) is 3.97. The van der Waals surface area contributed by atoms with E-state index < -0.39 is 5.54 Å². The third-order valence-corrected chi connectivity index (χ3v) is 5.32. The first-order chi connectivity index (χ1) is 9.01.